The van der Waals surface area contributed by atoms with Crippen LogP contribution in [0.5, 0.6) is 0 Å². The average Bonchev–Trinajstić information content (AvgIpc) is 3.24. The second-order valence-corrected chi connectivity index (χ2v) is 6.26. The molecule has 3 rings (SSSR count). The Morgan fingerprint density at radius 3 is 2.83 bits per heavy atom. The van der Waals surface area contributed by atoms with Gasteiger partial charge in [0.1, 0.15) is 5.76 Å². The summed E-state index contributed by atoms with van der Waals surface area (Å²) in [5, 5.41) is 6.84. The molecule has 2 N–H and O–H groups in total. The van der Waals surface area contributed by atoms with Crippen molar-refractivity contribution < 1.29 is 9.15 Å². The Morgan fingerprint density at radius 1 is 1.22 bits per heavy atom. The first-order valence-electron chi connectivity index (χ1n) is 8.56. The SMILES string of the molecule is I.c1coc(CCNC(=NCC2CC2)NCC2CCCCO2)c1. The van der Waals surface area contributed by atoms with Crippen LogP contribution in [0, 0.1) is 5.92 Å². The maximum Gasteiger partial charge on any atom is 0.191 e. The molecule has 0 radical (unpaired) electrons. The molecule has 2 fully saturated rings. The Hall–Kier alpha value is -0.760. The van der Waals surface area contributed by atoms with E-state index in [0.717, 1.165) is 56.7 Å². The van der Waals surface area contributed by atoms with Gasteiger partial charge in [0.2, 0.25) is 0 Å². The van der Waals surface area contributed by atoms with Crippen LogP contribution in [0.1, 0.15) is 37.9 Å². The third-order valence-corrected chi connectivity index (χ3v) is 4.22. The minimum absolute atomic E-state index is 0. The standard InChI is InChI=1S/C17H27N3O2.HI/c1-2-10-22-16(4-1)13-20-17(19-12-14-6-7-14)18-9-8-15-5-3-11-21-15;/h3,5,11,14,16H,1-2,4,6-10,12-13H2,(H2,18,19,20);1H. The number of halogens is 1. The fourth-order valence-electron chi connectivity index (χ4n) is 2.63. The Bertz CT molecular complexity index is 454. The van der Waals surface area contributed by atoms with Gasteiger partial charge in [0.05, 0.1) is 12.4 Å². The third-order valence-electron chi connectivity index (χ3n) is 4.22. The van der Waals surface area contributed by atoms with Gasteiger partial charge >= 0.3 is 0 Å². The second-order valence-electron chi connectivity index (χ2n) is 6.26. The highest BCUT2D eigenvalue weighted by atomic mass is 127. The van der Waals surface area contributed by atoms with Crippen molar-refractivity contribution in [3.63, 3.8) is 0 Å². The summed E-state index contributed by atoms with van der Waals surface area (Å²) in [6, 6.07) is 3.93. The van der Waals surface area contributed by atoms with Gasteiger partial charge in [-0.1, -0.05) is 0 Å². The smallest absolute Gasteiger partial charge is 0.191 e. The van der Waals surface area contributed by atoms with E-state index in [1.54, 1.807) is 6.26 Å². The highest BCUT2D eigenvalue weighted by Crippen LogP contribution is 2.28. The number of hydrogen-bond acceptors (Lipinski definition) is 3. The second kappa shape index (κ2) is 10.2. The topological polar surface area (TPSA) is 58.8 Å². The molecular weight excluding hydrogens is 405 g/mol. The Balaban J connectivity index is 0.00000192. The molecule has 1 aromatic heterocycles. The predicted molar refractivity (Wildman–Crippen MR) is 102 cm³/mol. The zero-order valence-corrected chi connectivity index (χ0v) is 16.0. The Morgan fingerprint density at radius 2 is 2.13 bits per heavy atom. The van der Waals surface area contributed by atoms with Crippen LogP contribution >= 0.6 is 24.0 Å². The first-order valence-corrected chi connectivity index (χ1v) is 8.56. The summed E-state index contributed by atoms with van der Waals surface area (Å²) >= 11 is 0. The normalized spacial score (nSPS) is 21.6. The molecule has 6 heteroatoms. The van der Waals surface area contributed by atoms with E-state index in [0.29, 0.717) is 6.10 Å². The molecule has 1 saturated carbocycles. The number of guanidine groups is 1. The maximum atomic E-state index is 5.77. The van der Waals surface area contributed by atoms with Crippen molar-refractivity contribution in [1.29, 1.82) is 0 Å². The predicted octanol–water partition coefficient (Wildman–Crippen LogP) is 2.95. The van der Waals surface area contributed by atoms with Crippen molar-refractivity contribution in [2.45, 2.75) is 44.6 Å². The molecule has 23 heavy (non-hydrogen) atoms. The number of hydrogen-bond donors (Lipinski definition) is 2. The third kappa shape index (κ3) is 7.12. The first-order chi connectivity index (χ1) is 10.9. The van der Waals surface area contributed by atoms with Crippen molar-refractivity contribution in [3.05, 3.63) is 24.2 Å². The Kier molecular flexibility index (Phi) is 8.22. The summed E-state index contributed by atoms with van der Waals surface area (Å²) in [5.41, 5.74) is 0. The molecule has 5 nitrogen and oxygen atoms in total. The lowest BCUT2D eigenvalue weighted by Crippen LogP contribution is -2.43. The van der Waals surface area contributed by atoms with Crippen LogP contribution in [0.3, 0.4) is 0 Å². The van der Waals surface area contributed by atoms with Crippen LogP contribution in [0.15, 0.2) is 27.8 Å². The quantitative estimate of drug-likeness (QED) is 0.395. The number of rotatable bonds is 7. The lowest BCUT2D eigenvalue weighted by Gasteiger charge is -2.23. The minimum atomic E-state index is 0. The van der Waals surface area contributed by atoms with Gasteiger partial charge in [-0.15, -0.1) is 24.0 Å². The van der Waals surface area contributed by atoms with E-state index in [-0.39, 0.29) is 24.0 Å². The molecule has 0 bridgehead atoms. The summed E-state index contributed by atoms with van der Waals surface area (Å²) in [6.45, 7) is 3.50. The molecule has 130 valence electrons. The average molecular weight is 433 g/mol. The van der Waals surface area contributed by atoms with E-state index in [4.69, 9.17) is 14.1 Å². The maximum absolute atomic E-state index is 5.77. The molecule has 1 saturated heterocycles. The molecule has 2 aliphatic rings. The van der Waals surface area contributed by atoms with Gasteiger partial charge in [-0.25, -0.2) is 0 Å². The summed E-state index contributed by atoms with van der Waals surface area (Å²) in [6.07, 6.45) is 9.19. The number of aliphatic imine (C=N–C) groups is 1. The number of nitrogens with one attached hydrogen (secondary N) is 2. The molecule has 1 unspecified atom stereocenters. The van der Waals surface area contributed by atoms with E-state index in [1.165, 1.54) is 25.7 Å². The van der Waals surface area contributed by atoms with Crippen molar-refractivity contribution in [3.8, 4) is 0 Å². The van der Waals surface area contributed by atoms with Crippen LogP contribution in [-0.4, -0.2) is 38.3 Å². The highest BCUT2D eigenvalue weighted by Gasteiger charge is 2.21. The molecule has 1 aliphatic carbocycles. The van der Waals surface area contributed by atoms with E-state index in [2.05, 4.69) is 10.6 Å². The summed E-state index contributed by atoms with van der Waals surface area (Å²) < 4.78 is 11.1. The van der Waals surface area contributed by atoms with Gasteiger partial charge in [-0.2, -0.15) is 0 Å². The van der Waals surface area contributed by atoms with Gasteiger partial charge in [0, 0.05) is 32.7 Å². The minimum Gasteiger partial charge on any atom is -0.469 e. The molecule has 2 heterocycles. The van der Waals surface area contributed by atoms with Gasteiger partial charge in [0.25, 0.3) is 0 Å². The van der Waals surface area contributed by atoms with Crippen LogP contribution in [0.2, 0.25) is 0 Å². The fraction of sp³-hybridized carbons (Fsp3) is 0.706. The summed E-state index contributed by atoms with van der Waals surface area (Å²) in [5.74, 6) is 2.71. The molecule has 0 aromatic carbocycles. The highest BCUT2D eigenvalue weighted by molar-refractivity contribution is 14.0. The number of furan rings is 1. The van der Waals surface area contributed by atoms with Crippen LogP contribution in [0.25, 0.3) is 0 Å². The van der Waals surface area contributed by atoms with Crippen LogP contribution in [-0.2, 0) is 11.2 Å². The number of nitrogens with zero attached hydrogens (tertiary/aromatic N) is 1. The van der Waals surface area contributed by atoms with E-state index >= 15 is 0 Å². The molecule has 0 spiro atoms. The molecule has 1 atom stereocenters. The van der Waals surface area contributed by atoms with Crippen molar-refractivity contribution in [1.82, 2.24) is 10.6 Å². The zero-order chi connectivity index (χ0) is 15.0. The summed E-state index contributed by atoms with van der Waals surface area (Å²) in [7, 11) is 0. The van der Waals surface area contributed by atoms with Crippen molar-refractivity contribution >= 4 is 29.9 Å². The summed E-state index contributed by atoms with van der Waals surface area (Å²) in [4.78, 5) is 4.70. The fourth-order valence-corrected chi connectivity index (χ4v) is 2.63. The molecular formula is C17H28IN3O2. The van der Waals surface area contributed by atoms with Crippen molar-refractivity contribution in [2.75, 3.05) is 26.2 Å². The molecule has 0 amide bonds. The monoisotopic (exact) mass is 433 g/mol. The van der Waals surface area contributed by atoms with Gasteiger partial charge in [-0.3, -0.25) is 4.99 Å². The van der Waals surface area contributed by atoms with Crippen LogP contribution in [0.4, 0.5) is 0 Å². The number of ether oxygens (including phenoxy) is 1. The van der Waals surface area contributed by atoms with Crippen LogP contribution < -0.4 is 10.6 Å². The van der Waals surface area contributed by atoms with E-state index in [9.17, 15) is 0 Å². The lowest BCUT2D eigenvalue weighted by atomic mass is 10.1. The van der Waals surface area contributed by atoms with Gasteiger partial charge in [0.15, 0.2) is 5.96 Å². The largest absolute Gasteiger partial charge is 0.469 e. The first kappa shape index (κ1) is 18.6. The molecule has 1 aliphatic heterocycles. The van der Waals surface area contributed by atoms with E-state index < -0.39 is 0 Å². The van der Waals surface area contributed by atoms with Crippen molar-refractivity contribution in [2.24, 2.45) is 10.9 Å². The van der Waals surface area contributed by atoms with Gasteiger partial charge < -0.3 is 19.8 Å². The van der Waals surface area contributed by atoms with E-state index in [1.807, 2.05) is 12.1 Å². The Labute approximate surface area is 155 Å². The molecule has 1 aromatic rings. The lowest BCUT2D eigenvalue weighted by molar-refractivity contribution is 0.0194. The zero-order valence-electron chi connectivity index (χ0n) is 13.6. The van der Waals surface area contributed by atoms with Gasteiger partial charge in [-0.05, 0) is 50.2 Å².